The first kappa shape index (κ1) is 23.7. The van der Waals surface area contributed by atoms with Crippen molar-refractivity contribution in [1.82, 2.24) is 4.31 Å². The molecule has 1 N–H and O–H groups in total. The summed E-state index contributed by atoms with van der Waals surface area (Å²) in [4.78, 5) is 11.6. The smallest absolute Gasteiger partial charge is 0.376 e. The maximum Gasteiger partial charge on any atom is 0.421 e. The van der Waals surface area contributed by atoms with Crippen LogP contribution in [0, 0.1) is 0 Å². The predicted octanol–water partition coefficient (Wildman–Crippen LogP) is 4.94. The number of aliphatic hydroxyl groups is 1. The zero-order valence-electron chi connectivity index (χ0n) is 16.6. The molecular formula is C20H25F3N2O2S2. The van der Waals surface area contributed by atoms with E-state index in [-0.39, 0.29) is 11.3 Å². The van der Waals surface area contributed by atoms with E-state index in [1.54, 1.807) is 35.4 Å². The SMILES string of the molecule is CC(C)=O.CC(O)(c1ccc(N2CCN(Sc3cccs3)CC2)cc1)C(F)(F)F. The third kappa shape index (κ3) is 6.74. The minimum Gasteiger partial charge on any atom is -0.376 e. The van der Waals surface area contributed by atoms with Crippen molar-refractivity contribution in [3.05, 3.63) is 47.3 Å². The highest BCUT2D eigenvalue weighted by molar-refractivity contribution is 7.98. The molecule has 160 valence electrons. The fraction of sp³-hybridized carbons (Fsp3) is 0.450. The molecule has 0 aliphatic carbocycles. The van der Waals surface area contributed by atoms with E-state index in [1.807, 2.05) is 6.07 Å². The first-order valence-corrected chi connectivity index (χ1v) is 10.7. The number of benzene rings is 1. The molecule has 1 saturated heterocycles. The molecule has 1 fully saturated rings. The van der Waals surface area contributed by atoms with Crippen LogP contribution in [0.2, 0.25) is 0 Å². The van der Waals surface area contributed by atoms with Crippen molar-refractivity contribution in [3.63, 3.8) is 0 Å². The lowest BCUT2D eigenvalue weighted by Crippen LogP contribution is -2.43. The van der Waals surface area contributed by atoms with Crippen molar-refractivity contribution >= 4 is 34.8 Å². The summed E-state index contributed by atoms with van der Waals surface area (Å²) < 4.78 is 42.3. The Morgan fingerprint density at radius 2 is 1.62 bits per heavy atom. The second kappa shape index (κ2) is 9.97. The number of Topliss-reactive ketones (excluding diaryl/α,β-unsaturated/α-hetero) is 1. The number of carbonyl (C=O) groups is 1. The molecule has 1 aromatic heterocycles. The highest BCUT2D eigenvalue weighted by atomic mass is 32.2. The molecule has 9 heteroatoms. The van der Waals surface area contributed by atoms with Crippen LogP contribution in [-0.4, -0.2) is 47.6 Å². The Balaban J connectivity index is 0.000000687. The molecule has 0 spiro atoms. The van der Waals surface area contributed by atoms with Crippen molar-refractivity contribution in [2.75, 3.05) is 31.1 Å². The zero-order chi connectivity index (χ0) is 21.7. The number of nitrogens with zero attached hydrogens (tertiary/aromatic N) is 2. The summed E-state index contributed by atoms with van der Waals surface area (Å²) in [7, 11) is 0. The van der Waals surface area contributed by atoms with Gasteiger partial charge in [0.1, 0.15) is 5.78 Å². The lowest BCUT2D eigenvalue weighted by atomic mass is 9.95. The number of hydrogen-bond acceptors (Lipinski definition) is 6. The van der Waals surface area contributed by atoms with Crippen LogP contribution in [0.5, 0.6) is 0 Å². The Morgan fingerprint density at radius 3 is 2.07 bits per heavy atom. The van der Waals surface area contributed by atoms with Crippen LogP contribution in [0.4, 0.5) is 18.9 Å². The van der Waals surface area contributed by atoms with Gasteiger partial charge in [0.2, 0.25) is 0 Å². The zero-order valence-corrected chi connectivity index (χ0v) is 18.2. The van der Waals surface area contributed by atoms with Crippen molar-refractivity contribution in [3.8, 4) is 0 Å². The second-order valence-electron chi connectivity index (χ2n) is 6.96. The van der Waals surface area contributed by atoms with Crippen LogP contribution in [-0.2, 0) is 10.4 Å². The summed E-state index contributed by atoms with van der Waals surface area (Å²) in [5.74, 6) is 0.167. The van der Waals surface area contributed by atoms with Crippen LogP contribution in [0.15, 0.2) is 46.0 Å². The molecule has 0 radical (unpaired) electrons. The van der Waals surface area contributed by atoms with E-state index in [2.05, 4.69) is 20.7 Å². The average molecular weight is 447 g/mol. The normalized spacial score (nSPS) is 17.3. The molecule has 1 atom stereocenters. The highest BCUT2D eigenvalue weighted by Gasteiger charge is 2.51. The Bertz CT molecular complexity index is 766. The molecule has 0 bridgehead atoms. The van der Waals surface area contributed by atoms with Gasteiger partial charge in [-0.3, -0.25) is 0 Å². The summed E-state index contributed by atoms with van der Waals surface area (Å²) in [6.45, 7) is 7.22. The monoisotopic (exact) mass is 446 g/mol. The fourth-order valence-corrected chi connectivity index (χ4v) is 4.48. The van der Waals surface area contributed by atoms with Gasteiger partial charge in [-0.1, -0.05) is 18.2 Å². The van der Waals surface area contributed by atoms with Gasteiger partial charge < -0.3 is 14.8 Å². The Hall–Kier alpha value is -1.55. The number of ketones is 1. The minimum absolute atomic E-state index is 0.143. The molecule has 2 heterocycles. The number of alkyl halides is 3. The minimum atomic E-state index is -4.70. The van der Waals surface area contributed by atoms with Gasteiger partial charge in [0.15, 0.2) is 5.60 Å². The Morgan fingerprint density at radius 1 is 1.07 bits per heavy atom. The van der Waals surface area contributed by atoms with Crippen LogP contribution in [0.1, 0.15) is 26.3 Å². The molecule has 1 aliphatic rings. The maximum atomic E-state index is 12.9. The molecule has 3 rings (SSSR count). The van der Waals surface area contributed by atoms with Gasteiger partial charge >= 0.3 is 6.18 Å². The standard InChI is InChI=1S/C17H19F3N2OS2.C3H6O/c1-16(23,17(18,19)20)13-4-6-14(7-5-13)21-8-10-22(11-9-21)25-15-3-2-12-24-15;1-3(2)4/h2-7,12,23H,8-11H2,1H3;1-2H3. The number of rotatable bonds is 4. The topological polar surface area (TPSA) is 43.8 Å². The van der Waals surface area contributed by atoms with E-state index < -0.39 is 11.8 Å². The van der Waals surface area contributed by atoms with Gasteiger partial charge in [0, 0.05) is 31.9 Å². The average Bonchev–Trinajstić information content (AvgIpc) is 3.14. The number of anilines is 1. The van der Waals surface area contributed by atoms with Gasteiger partial charge in [0.25, 0.3) is 0 Å². The summed E-state index contributed by atoms with van der Waals surface area (Å²) in [5.41, 5.74) is -2.10. The summed E-state index contributed by atoms with van der Waals surface area (Å²) in [6.07, 6.45) is -4.70. The Kier molecular flexibility index (Phi) is 8.16. The number of carbonyl (C=O) groups excluding carboxylic acids is 1. The summed E-state index contributed by atoms with van der Waals surface area (Å²) >= 11 is 3.46. The first-order valence-electron chi connectivity index (χ1n) is 9.09. The predicted molar refractivity (Wildman–Crippen MR) is 112 cm³/mol. The molecule has 1 aromatic carbocycles. The molecular weight excluding hydrogens is 421 g/mol. The fourth-order valence-electron chi connectivity index (χ4n) is 2.64. The van der Waals surface area contributed by atoms with Gasteiger partial charge in [-0.2, -0.15) is 13.2 Å². The first-order chi connectivity index (χ1) is 13.5. The number of thiophene rings is 1. The molecule has 1 aliphatic heterocycles. The summed E-state index contributed by atoms with van der Waals surface area (Å²) in [6, 6.07) is 10.1. The van der Waals surface area contributed by atoms with Crippen LogP contribution >= 0.6 is 23.3 Å². The van der Waals surface area contributed by atoms with E-state index in [0.29, 0.717) is 0 Å². The quantitative estimate of drug-likeness (QED) is 0.674. The van der Waals surface area contributed by atoms with Crippen LogP contribution in [0.25, 0.3) is 0 Å². The molecule has 0 amide bonds. The highest BCUT2D eigenvalue weighted by Crippen LogP contribution is 2.39. The molecule has 1 unspecified atom stereocenters. The van der Waals surface area contributed by atoms with E-state index in [9.17, 15) is 23.1 Å². The van der Waals surface area contributed by atoms with Gasteiger partial charge in [-0.15, -0.1) is 11.3 Å². The van der Waals surface area contributed by atoms with E-state index >= 15 is 0 Å². The second-order valence-corrected chi connectivity index (χ2v) is 9.31. The summed E-state index contributed by atoms with van der Waals surface area (Å²) in [5, 5.41) is 11.8. The lowest BCUT2D eigenvalue weighted by molar-refractivity contribution is -0.258. The molecule has 0 saturated carbocycles. The van der Waals surface area contributed by atoms with Crippen molar-refractivity contribution < 1.29 is 23.1 Å². The van der Waals surface area contributed by atoms with Crippen LogP contribution < -0.4 is 4.90 Å². The van der Waals surface area contributed by atoms with Crippen molar-refractivity contribution in [2.24, 2.45) is 0 Å². The number of hydrogen-bond donors (Lipinski definition) is 1. The number of piperazine rings is 1. The number of halogens is 3. The van der Waals surface area contributed by atoms with E-state index in [4.69, 9.17) is 0 Å². The van der Waals surface area contributed by atoms with Gasteiger partial charge in [-0.25, -0.2) is 4.31 Å². The lowest BCUT2D eigenvalue weighted by Gasteiger charge is -2.35. The third-order valence-corrected chi connectivity index (χ3v) is 6.41. The molecule has 29 heavy (non-hydrogen) atoms. The Labute approximate surface area is 177 Å². The molecule has 4 nitrogen and oxygen atoms in total. The van der Waals surface area contributed by atoms with Crippen molar-refractivity contribution in [1.29, 1.82) is 0 Å². The third-order valence-electron chi connectivity index (χ3n) is 4.30. The van der Waals surface area contributed by atoms with Crippen molar-refractivity contribution in [2.45, 2.75) is 36.8 Å². The van der Waals surface area contributed by atoms with Gasteiger partial charge in [0.05, 0.1) is 4.21 Å². The largest absolute Gasteiger partial charge is 0.421 e. The van der Waals surface area contributed by atoms with Crippen LogP contribution in [0.3, 0.4) is 0 Å². The molecule has 2 aromatic rings. The van der Waals surface area contributed by atoms with Gasteiger partial charge in [-0.05, 0) is 61.9 Å². The van der Waals surface area contributed by atoms with E-state index in [0.717, 1.165) is 38.8 Å². The van der Waals surface area contributed by atoms with E-state index in [1.165, 1.54) is 30.2 Å². The maximum absolute atomic E-state index is 12.9.